The average molecular weight is 440 g/mol. The van der Waals surface area contributed by atoms with Crippen LogP contribution >= 0.6 is 15.9 Å². The molecule has 1 aliphatic heterocycles. The van der Waals surface area contributed by atoms with Crippen molar-refractivity contribution in [3.8, 4) is 17.2 Å². The molecule has 1 heterocycles. The van der Waals surface area contributed by atoms with Gasteiger partial charge in [0.2, 0.25) is 0 Å². The molecule has 0 aliphatic carbocycles. The number of phenolic OH excluding ortho intramolecular Hbond substituents is 2. The molecule has 2 N–H and O–H groups in total. The SMILES string of the molecule is O=C(c1c(O)cc(O)cc1OCc1ccccc1)N1Cc2ccc(Br)cc2C1. The summed E-state index contributed by atoms with van der Waals surface area (Å²) in [6, 6.07) is 17.9. The Balaban J connectivity index is 1.61. The van der Waals surface area contributed by atoms with E-state index in [2.05, 4.69) is 15.9 Å². The number of hydrogen-bond acceptors (Lipinski definition) is 4. The Morgan fingerprint density at radius 1 is 1.00 bits per heavy atom. The third-order valence-corrected chi connectivity index (χ3v) is 5.19. The van der Waals surface area contributed by atoms with Crippen molar-refractivity contribution in [3.05, 3.63) is 87.4 Å². The predicted octanol–water partition coefficient (Wildman–Crippen LogP) is 4.60. The van der Waals surface area contributed by atoms with Gasteiger partial charge in [0, 0.05) is 29.7 Å². The predicted molar refractivity (Wildman–Crippen MR) is 108 cm³/mol. The van der Waals surface area contributed by atoms with E-state index < -0.39 is 0 Å². The molecule has 0 aromatic heterocycles. The van der Waals surface area contributed by atoms with Gasteiger partial charge in [-0.3, -0.25) is 4.79 Å². The highest BCUT2D eigenvalue weighted by atomic mass is 79.9. The second kappa shape index (κ2) is 7.56. The minimum Gasteiger partial charge on any atom is -0.508 e. The quantitative estimate of drug-likeness (QED) is 0.623. The first kappa shape index (κ1) is 18.4. The summed E-state index contributed by atoms with van der Waals surface area (Å²) < 4.78 is 6.75. The number of aromatic hydroxyl groups is 2. The fourth-order valence-corrected chi connectivity index (χ4v) is 3.72. The highest BCUT2D eigenvalue weighted by Crippen LogP contribution is 2.36. The Kier molecular flexibility index (Phi) is 4.96. The smallest absolute Gasteiger partial charge is 0.262 e. The molecule has 0 atom stereocenters. The Morgan fingerprint density at radius 3 is 2.54 bits per heavy atom. The van der Waals surface area contributed by atoms with Gasteiger partial charge < -0.3 is 19.8 Å². The molecule has 5 nitrogen and oxygen atoms in total. The summed E-state index contributed by atoms with van der Waals surface area (Å²) in [4.78, 5) is 14.8. The number of carbonyl (C=O) groups is 1. The molecule has 6 heteroatoms. The van der Waals surface area contributed by atoms with E-state index in [0.717, 1.165) is 27.2 Å². The Hall–Kier alpha value is -2.99. The lowest BCUT2D eigenvalue weighted by Crippen LogP contribution is -2.26. The Bertz CT molecular complexity index is 1040. The molecule has 0 radical (unpaired) electrons. The molecule has 0 unspecified atom stereocenters. The van der Waals surface area contributed by atoms with E-state index >= 15 is 0 Å². The first-order valence-electron chi connectivity index (χ1n) is 8.80. The van der Waals surface area contributed by atoms with E-state index in [1.807, 2.05) is 48.5 Å². The number of nitrogens with zero attached hydrogens (tertiary/aromatic N) is 1. The molecule has 1 aliphatic rings. The van der Waals surface area contributed by atoms with Gasteiger partial charge in [-0.25, -0.2) is 0 Å². The van der Waals surface area contributed by atoms with Gasteiger partial charge in [-0.2, -0.15) is 0 Å². The van der Waals surface area contributed by atoms with Crippen LogP contribution in [-0.2, 0) is 19.7 Å². The second-order valence-electron chi connectivity index (χ2n) is 6.69. The van der Waals surface area contributed by atoms with Crippen LogP contribution in [0, 0.1) is 0 Å². The maximum atomic E-state index is 13.2. The molecule has 0 spiro atoms. The number of ether oxygens (including phenoxy) is 1. The Labute approximate surface area is 170 Å². The monoisotopic (exact) mass is 439 g/mol. The van der Waals surface area contributed by atoms with Gasteiger partial charge >= 0.3 is 0 Å². The van der Waals surface area contributed by atoms with Gasteiger partial charge in [0.1, 0.15) is 29.4 Å². The summed E-state index contributed by atoms with van der Waals surface area (Å²) in [5.74, 6) is -0.646. The van der Waals surface area contributed by atoms with Crippen molar-refractivity contribution in [1.29, 1.82) is 0 Å². The number of rotatable bonds is 4. The topological polar surface area (TPSA) is 70.0 Å². The second-order valence-corrected chi connectivity index (χ2v) is 7.60. The molecule has 4 rings (SSSR count). The zero-order valence-corrected chi connectivity index (χ0v) is 16.5. The van der Waals surface area contributed by atoms with Crippen LogP contribution in [0.5, 0.6) is 17.2 Å². The van der Waals surface area contributed by atoms with E-state index in [-0.39, 0.29) is 35.3 Å². The zero-order chi connectivity index (χ0) is 19.7. The molecule has 0 saturated carbocycles. The Morgan fingerprint density at radius 2 is 1.75 bits per heavy atom. The lowest BCUT2D eigenvalue weighted by molar-refractivity contribution is 0.0743. The summed E-state index contributed by atoms with van der Waals surface area (Å²) in [5, 5.41) is 20.2. The van der Waals surface area contributed by atoms with Crippen molar-refractivity contribution >= 4 is 21.8 Å². The van der Waals surface area contributed by atoms with Gasteiger partial charge in [0.25, 0.3) is 5.91 Å². The van der Waals surface area contributed by atoms with Crippen LogP contribution < -0.4 is 4.74 Å². The first-order chi connectivity index (χ1) is 13.5. The van der Waals surface area contributed by atoms with Gasteiger partial charge in [-0.1, -0.05) is 52.3 Å². The molecular weight excluding hydrogens is 422 g/mol. The molecule has 0 bridgehead atoms. The number of hydrogen-bond donors (Lipinski definition) is 2. The number of benzene rings is 3. The van der Waals surface area contributed by atoms with Crippen molar-refractivity contribution in [2.45, 2.75) is 19.7 Å². The van der Waals surface area contributed by atoms with Gasteiger partial charge in [0.05, 0.1) is 0 Å². The van der Waals surface area contributed by atoms with E-state index in [1.165, 1.54) is 6.07 Å². The number of carbonyl (C=O) groups excluding carboxylic acids is 1. The summed E-state index contributed by atoms with van der Waals surface area (Å²) in [6.07, 6.45) is 0. The number of amides is 1. The lowest BCUT2D eigenvalue weighted by Gasteiger charge is -2.19. The van der Waals surface area contributed by atoms with Gasteiger partial charge in [-0.05, 0) is 28.8 Å². The van der Waals surface area contributed by atoms with Crippen LogP contribution in [-0.4, -0.2) is 21.0 Å². The van der Waals surface area contributed by atoms with Crippen LogP contribution in [0.4, 0.5) is 0 Å². The minimum atomic E-state index is -0.340. The average Bonchev–Trinajstić information content (AvgIpc) is 3.09. The molecule has 142 valence electrons. The van der Waals surface area contributed by atoms with Crippen LogP contribution in [0.15, 0.2) is 65.1 Å². The van der Waals surface area contributed by atoms with Crippen molar-refractivity contribution in [2.24, 2.45) is 0 Å². The van der Waals surface area contributed by atoms with Crippen molar-refractivity contribution < 1.29 is 19.7 Å². The van der Waals surface area contributed by atoms with Gasteiger partial charge in [0.15, 0.2) is 0 Å². The van der Waals surface area contributed by atoms with E-state index in [0.29, 0.717) is 13.1 Å². The van der Waals surface area contributed by atoms with Crippen LogP contribution in [0.1, 0.15) is 27.0 Å². The zero-order valence-electron chi connectivity index (χ0n) is 14.9. The first-order valence-corrected chi connectivity index (χ1v) is 9.60. The normalized spacial score (nSPS) is 12.7. The molecule has 28 heavy (non-hydrogen) atoms. The lowest BCUT2D eigenvalue weighted by atomic mass is 10.1. The molecular formula is C22H18BrNO4. The highest BCUT2D eigenvalue weighted by Gasteiger charge is 2.29. The summed E-state index contributed by atoms with van der Waals surface area (Å²) in [7, 11) is 0. The summed E-state index contributed by atoms with van der Waals surface area (Å²) in [5.41, 5.74) is 3.11. The third-order valence-electron chi connectivity index (χ3n) is 4.70. The van der Waals surface area contributed by atoms with E-state index in [1.54, 1.807) is 4.90 Å². The molecule has 0 fully saturated rings. The van der Waals surface area contributed by atoms with E-state index in [4.69, 9.17) is 4.74 Å². The maximum Gasteiger partial charge on any atom is 0.262 e. The fraction of sp³-hybridized carbons (Fsp3) is 0.136. The van der Waals surface area contributed by atoms with Crippen LogP contribution in [0.25, 0.3) is 0 Å². The number of fused-ring (bicyclic) bond motifs is 1. The summed E-state index contributed by atoms with van der Waals surface area (Å²) in [6.45, 7) is 1.13. The standard InChI is InChI=1S/C22H18BrNO4/c23-17-7-6-15-11-24(12-16(15)8-17)22(27)21-19(26)9-18(25)10-20(21)28-13-14-4-2-1-3-5-14/h1-10,25-26H,11-13H2. The van der Waals surface area contributed by atoms with Crippen molar-refractivity contribution in [2.75, 3.05) is 0 Å². The summed E-state index contributed by atoms with van der Waals surface area (Å²) >= 11 is 3.45. The molecule has 1 amide bonds. The van der Waals surface area contributed by atoms with Crippen LogP contribution in [0.3, 0.4) is 0 Å². The van der Waals surface area contributed by atoms with Crippen molar-refractivity contribution in [1.82, 2.24) is 4.90 Å². The number of halogens is 1. The number of phenols is 2. The molecule has 0 saturated heterocycles. The van der Waals surface area contributed by atoms with Gasteiger partial charge in [-0.15, -0.1) is 0 Å². The largest absolute Gasteiger partial charge is 0.508 e. The van der Waals surface area contributed by atoms with E-state index in [9.17, 15) is 15.0 Å². The molecule has 3 aromatic carbocycles. The minimum absolute atomic E-state index is 0.0561. The highest BCUT2D eigenvalue weighted by molar-refractivity contribution is 9.10. The third kappa shape index (κ3) is 3.68. The van der Waals surface area contributed by atoms with Crippen molar-refractivity contribution in [3.63, 3.8) is 0 Å². The fourth-order valence-electron chi connectivity index (χ4n) is 3.32. The van der Waals surface area contributed by atoms with Crippen LogP contribution in [0.2, 0.25) is 0 Å². The molecule has 3 aromatic rings. The maximum absolute atomic E-state index is 13.2.